The van der Waals surface area contributed by atoms with Gasteiger partial charge in [0.05, 0.1) is 0 Å². The third-order valence-electron chi connectivity index (χ3n) is 2.43. The van der Waals surface area contributed by atoms with Gasteiger partial charge in [0, 0.05) is 25.1 Å². The zero-order valence-corrected chi connectivity index (χ0v) is 8.19. The summed E-state index contributed by atoms with van der Waals surface area (Å²) in [5.74, 6) is 0. The molecule has 2 nitrogen and oxygen atoms in total. The van der Waals surface area contributed by atoms with Gasteiger partial charge in [-0.05, 0) is 36.2 Å². The van der Waals surface area contributed by atoms with E-state index in [1.807, 2.05) is 24.7 Å². The Bertz CT molecular complexity index is 341. The van der Waals surface area contributed by atoms with Crippen molar-refractivity contribution in [2.24, 2.45) is 0 Å². The van der Waals surface area contributed by atoms with E-state index in [-0.39, 0.29) is 0 Å². The Hall–Kier alpha value is -1.57. The first-order valence-corrected chi connectivity index (χ1v) is 4.85. The molecule has 2 heteroatoms. The fourth-order valence-electron chi connectivity index (χ4n) is 1.68. The minimum atomic E-state index is 1.01. The molecule has 14 heavy (non-hydrogen) atoms. The van der Waals surface area contributed by atoms with Crippen molar-refractivity contribution in [2.45, 2.75) is 12.8 Å². The average Bonchev–Trinajstić information content (AvgIpc) is 2.67. The van der Waals surface area contributed by atoms with Crippen LogP contribution < -0.4 is 0 Å². The zero-order chi connectivity index (χ0) is 9.80. The molecule has 1 aromatic heterocycles. The van der Waals surface area contributed by atoms with E-state index in [1.54, 1.807) is 0 Å². The molecular weight excluding hydrogens is 172 g/mol. The van der Waals surface area contributed by atoms with E-state index in [9.17, 15) is 0 Å². The van der Waals surface area contributed by atoms with Crippen molar-refractivity contribution >= 4 is 0 Å². The number of nitrogens with zero attached hydrogens (tertiary/aromatic N) is 2. The maximum Gasteiger partial charge on any atom is 0.0303 e. The quantitative estimate of drug-likeness (QED) is 0.720. The number of rotatable bonds is 3. The first kappa shape index (κ1) is 9.00. The smallest absolute Gasteiger partial charge is 0.0303 e. The Morgan fingerprint density at radius 1 is 1.57 bits per heavy atom. The van der Waals surface area contributed by atoms with Gasteiger partial charge in [0.15, 0.2) is 0 Å². The van der Waals surface area contributed by atoms with Crippen molar-refractivity contribution in [3.8, 4) is 0 Å². The second-order valence-corrected chi connectivity index (χ2v) is 3.50. The van der Waals surface area contributed by atoms with Gasteiger partial charge in [0.2, 0.25) is 0 Å². The Kier molecular flexibility index (Phi) is 2.63. The number of aromatic nitrogens is 1. The minimum absolute atomic E-state index is 1.01. The second kappa shape index (κ2) is 4.09. The van der Waals surface area contributed by atoms with Gasteiger partial charge in [0.1, 0.15) is 0 Å². The van der Waals surface area contributed by atoms with Crippen molar-refractivity contribution in [3.05, 3.63) is 54.6 Å². The molecule has 0 aliphatic carbocycles. The summed E-state index contributed by atoms with van der Waals surface area (Å²) in [6.45, 7) is 4.82. The van der Waals surface area contributed by atoms with Crippen LogP contribution in [0.25, 0.3) is 0 Å². The molecule has 0 spiro atoms. The fraction of sp³-hybridized carbons (Fsp3) is 0.250. The van der Waals surface area contributed by atoms with Crippen LogP contribution in [0.4, 0.5) is 0 Å². The lowest BCUT2D eigenvalue weighted by molar-refractivity contribution is 0.550. The van der Waals surface area contributed by atoms with Crippen LogP contribution in [0.3, 0.4) is 0 Å². The van der Waals surface area contributed by atoms with Crippen LogP contribution in [0.1, 0.15) is 12.0 Å². The van der Waals surface area contributed by atoms with Gasteiger partial charge >= 0.3 is 0 Å². The predicted octanol–water partition coefficient (Wildman–Crippen LogP) is 2.36. The largest absolute Gasteiger partial charge is 0.355 e. The van der Waals surface area contributed by atoms with Crippen molar-refractivity contribution in [3.63, 3.8) is 0 Å². The predicted molar refractivity (Wildman–Crippen MR) is 57.5 cm³/mol. The van der Waals surface area contributed by atoms with Gasteiger partial charge in [-0.2, -0.15) is 0 Å². The lowest BCUT2D eigenvalue weighted by Crippen LogP contribution is -2.02. The molecule has 0 radical (unpaired) electrons. The maximum atomic E-state index is 4.10. The summed E-state index contributed by atoms with van der Waals surface area (Å²) in [6.07, 6.45) is 9.94. The molecule has 0 unspecified atom stereocenters. The third kappa shape index (κ3) is 2.02. The highest BCUT2D eigenvalue weighted by Gasteiger charge is 2.09. The second-order valence-electron chi connectivity index (χ2n) is 3.50. The molecular formula is C12H14N2. The van der Waals surface area contributed by atoms with E-state index in [2.05, 4.69) is 28.7 Å². The summed E-state index contributed by atoms with van der Waals surface area (Å²) in [7, 11) is 0. The molecule has 0 fully saturated rings. The summed E-state index contributed by atoms with van der Waals surface area (Å²) < 4.78 is 0. The van der Waals surface area contributed by atoms with Gasteiger partial charge in [-0.15, -0.1) is 0 Å². The van der Waals surface area contributed by atoms with E-state index >= 15 is 0 Å². The van der Waals surface area contributed by atoms with Crippen LogP contribution in [0.2, 0.25) is 0 Å². The van der Waals surface area contributed by atoms with E-state index < -0.39 is 0 Å². The summed E-state index contributed by atoms with van der Waals surface area (Å²) >= 11 is 0. The number of hydrogen-bond acceptors (Lipinski definition) is 2. The molecule has 1 aliphatic rings. The SMILES string of the molecule is C=CN1C=C(Cc2cccnc2)CC1. The molecule has 72 valence electrons. The Balaban J connectivity index is 2.03. The monoisotopic (exact) mass is 186 g/mol. The van der Waals surface area contributed by atoms with Crippen LogP contribution in [0, 0.1) is 0 Å². The minimum Gasteiger partial charge on any atom is -0.355 e. The van der Waals surface area contributed by atoms with Crippen LogP contribution in [-0.2, 0) is 6.42 Å². The molecule has 0 saturated carbocycles. The first-order valence-electron chi connectivity index (χ1n) is 4.85. The summed E-state index contributed by atoms with van der Waals surface area (Å²) in [4.78, 5) is 6.24. The average molecular weight is 186 g/mol. The molecule has 0 bridgehead atoms. The van der Waals surface area contributed by atoms with E-state index in [0.717, 1.165) is 19.4 Å². The normalized spacial score (nSPS) is 15.4. The highest BCUT2D eigenvalue weighted by Crippen LogP contribution is 2.18. The molecule has 2 rings (SSSR count). The number of hydrogen-bond donors (Lipinski definition) is 0. The molecule has 0 amide bonds. The fourth-order valence-corrected chi connectivity index (χ4v) is 1.68. The molecule has 0 aromatic carbocycles. The first-order chi connectivity index (χ1) is 6.88. The van der Waals surface area contributed by atoms with Crippen molar-refractivity contribution in [1.82, 2.24) is 9.88 Å². The molecule has 0 saturated heterocycles. The molecule has 2 heterocycles. The Morgan fingerprint density at radius 3 is 3.14 bits per heavy atom. The zero-order valence-electron chi connectivity index (χ0n) is 8.19. The van der Waals surface area contributed by atoms with Gasteiger partial charge in [0.25, 0.3) is 0 Å². The summed E-state index contributed by atoms with van der Waals surface area (Å²) in [6, 6.07) is 4.10. The molecule has 0 atom stereocenters. The van der Waals surface area contributed by atoms with E-state index in [1.165, 1.54) is 11.1 Å². The third-order valence-corrected chi connectivity index (χ3v) is 2.43. The van der Waals surface area contributed by atoms with Crippen molar-refractivity contribution in [1.29, 1.82) is 0 Å². The molecule has 1 aliphatic heterocycles. The topological polar surface area (TPSA) is 16.1 Å². The standard InChI is InChI=1S/C12H14N2/c1-2-14-7-5-12(10-14)8-11-4-3-6-13-9-11/h2-4,6,9-10H,1,5,7-8H2. The van der Waals surface area contributed by atoms with Crippen LogP contribution in [0.15, 0.2) is 49.1 Å². The molecule has 1 aromatic rings. The van der Waals surface area contributed by atoms with E-state index in [0.29, 0.717) is 0 Å². The van der Waals surface area contributed by atoms with Crippen molar-refractivity contribution in [2.75, 3.05) is 6.54 Å². The molecule has 0 N–H and O–H groups in total. The highest BCUT2D eigenvalue weighted by molar-refractivity contribution is 5.21. The lowest BCUT2D eigenvalue weighted by Gasteiger charge is -2.04. The highest BCUT2D eigenvalue weighted by atomic mass is 15.1. The summed E-state index contributed by atoms with van der Waals surface area (Å²) in [5.41, 5.74) is 2.74. The van der Waals surface area contributed by atoms with Crippen LogP contribution in [0.5, 0.6) is 0 Å². The van der Waals surface area contributed by atoms with Crippen molar-refractivity contribution < 1.29 is 0 Å². The van der Waals surface area contributed by atoms with Gasteiger partial charge in [-0.25, -0.2) is 0 Å². The lowest BCUT2D eigenvalue weighted by atomic mass is 10.1. The summed E-state index contributed by atoms with van der Waals surface area (Å²) in [5, 5.41) is 0. The van der Waals surface area contributed by atoms with Gasteiger partial charge in [-0.3, -0.25) is 4.98 Å². The van der Waals surface area contributed by atoms with Crippen LogP contribution in [-0.4, -0.2) is 16.4 Å². The van der Waals surface area contributed by atoms with Crippen LogP contribution >= 0.6 is 0 Å². The Morgan fingerprint density at radius 2 is 2.50 bits per heavy atom. The number of pyridine rings is 1. The van der Waals surface area contributed by atoms with E-state index in [4.69, 9.17) is 0 Å². The van der Waals surface area contributed by atoms with Gasteiger partial charge < -0.3 is 4.90 Å². The van der Waals surface area contributed by atoms with Gasteiger partial charge in [-0.1, -0.05) is 12.6 Å². The Labute approximate surface area is 84.6 Å². The maximum absolute atomic E-state index is 4.10.